The number of aromatic nitrogens is 8. The van der Waals surface area contributed by atoms with Gasteiger partial charge in [0, 0.05) is 6.42 Å². The molecule has 24 heavy (non-hydrogen) atoms. The standard InChI is InChI=1S/C13H13F3N8/c1-9-2-4-10(5-3-9)6-11-17-21-23(19-11)7-12-18-22-24(20-12)8-13(14,15)16/h2-5H,6-8H2,1H3. The molecule has 0 bridgehead atoms. The van der Waals surface area contributed by atoms with Gasteiger partial charge in [0.15, 0.2) is 18.2 Å². The van der Waals surface area contributed by atoms with Crippen molar-refractivity contribution in [1.29, 1.82) is 0 Å². The summed E-state index contributed by atoms with van der Waals surface area (Å²) in [6, 6.07) is 7.92. The second-order valence-electron chi connectivity index (χ2n) is 5.25. The molecule has 0 saturated carbocycles. The normalized spacial score (nSPS) is 11.8. The number of hydrogen-bond acceptors (Lipinski definition) is 6. The minimum atomic E-state index is -4.40. The molecule has 0 atom stereocenters. The fourth-order valence-corrected chi connectivity index (χ4v) is 2.00. The van der Waals surface area contributed by atoms with Gasteiger partial charge in [0.1, 0.15) is 6.54 Å². The first-order valence-corrected chi connectivity index (χ1v) is 7.03. The maximum Gasteiger partial charge on any atom is 0.409 e. The molecule has 126 valence electrons. The third-order valence-corrected chi connectivity index (χ3v) is 3.07. The Labute approximate surface area is 134 Å². The van der Waals surface area contributed by atoms with Gasteiger partial charge in [0.2, 0.25) is 0 Å². The SMILES string of the molecule is Cc1ccc(Cc2nnn(Cc3nnn(CC(F)(F)F)n3)n2)cc1. The number of aryl methyl sites for hydroxylation is 1. The van der Waals surface area contributed by atoms with Crippen molar-refractivity contribution < 1.29 is 13.2 Å². The number of benzene rings is 1. The van der Waals surface area contributed by atoms with Crippen molar-refractivity contribution in [2.24, 2.45) is 0 Å². The largest absolute Gasteiger partial charge is 0.409 e. The summed E-state index contributed by atoms with van der Waals surface area (Å²) in [6.45, 7) is 0.708. The van der Waals surface area contributed by atoms with Crippen molar-refractivity contribution in [3.63, 3.8) is 0 Å². The van der Waals surface area contributed by atoms with Gasteiger partial charge in [0.25, 0.3) is 0 Å². The lowest BCUT2D eigenvalue weighted by Gasteiger charge is -2.02. The Hall–Kier alpha value is -2.85. The molecule has 0 amide bonds. The molecule has 11 heteroatoms. The smallest absolute Gasteiger partial charge is 0.169 e. The van der Waals surface area contributed by atoms with E-state index < -0.39 is 12.7 Å². The molecule has 0 aliphatic heterocycles. The molecule has 0 N–H and O–H groups in total. The minimum absolute atomic E-state index is 0.00124. The van der Waals surface area contributed by atoms with E-state index in [1.54, 1.807) is 0 Å². The van der Waals surface area contributed by atoms with Crippen molar-refractivity contribution >= 4 is 0 Å². The highest BCUT2D eigenvalue weighted by molar-refractivity contribution is 5.23. The zero-order valence-electron chi connectivity index (χ0n) is 12.6. The number of alkyl halides is 3. The van der Waals surface area contributed by atoms with Gasteiger partial charge in [-0.2, -0.15) is 22.8 Å². The predicted octanol–water partition coefficient (Wildman–Crippen LogP) is 1.17. The molecular formula is C13H13F3N8. The minimum Gasteiger partial charge on any atom is -0.169 e. The first-order chi connectivity index (χ1) is 11.4. The second kappa shape index (κ2) is 6.34. The zero-order chi connectivity index (χ0) is 17.2. The molecule has 8 nitrogen and oxygen atoms in total. The fraction of sp³-hybridized carbons (Fsp3) is 0.385. The van der Waals surface area contributed by atoms with E-state index in [2.05, 4.69) is 30.8 Å². The summed E-state index contributed by atoms with van der Waals surface area (Å²) < 4.78 is 36.7. The predicted molar refractivity (Wildman–Crippen MR) is 74.8 cm³/mol. The zero-order valence-corrected chi connectivity index (χ0v) is 12.6. The van der Waals surface area contributed by atoms with Crippen LogP contribution in [0.2, 0.25) is 0 Å². The summed E-state index contributed by atoms with van der Waals surface area (Å²) in [5, 5.41) is 22.5. The molecule has 0 fully saturated rings. The quantitative estimate of drug-likeness (QED) is 0.694. The first kappa shape index (κ1) is 16.0. The van der Waals surface area contributed by atoms with E-state index in [4.69, 9.17) is 0 Å². The van der Waals surface area contributed by atoms with Crippen molar-refractivity contribution in [1.82, 2.24) is 40.4 Å². The highest BCUT2D eigenvalue weighted by atomic mass is 19.4. The molecule has 0 unspecified atom stereocenters. The average molecular weight is 338 g/mol. The molecule has 1 aromatic carbocycles. The van der Waals surface area contributed by atoms with E-state index in [1.165, 1.54) is 4.80 Å². The highest BCUT2D eigenvalue weighted by Gasteiger charge is 2.29. The van der Waals surface area contributed by atoms with Gasteiger partial charge in [-0.25, -0.2) is 0 Å². The lowest BCUT2D eigenvalue weighted by molar-refractivity contribution is -0.145. The summed E-state index contributed by atoms with van der Waals surface area (Å²) in [5.41, 5.74) is 2.19. The summed E-state index contributed by atoms with van der Waals surface area (Å²) in [5.74, 6) is 0.583. The maximum atomic E-state index is 12.2. The van der Waals surface area contributed by atoms with Crippen LogP contribution in [0.4, 0.5) is 13.2 Å². The lowest BCUT2D eigenvalue weighted by atomic mass is 10.1. The molecule has 0 saturated heterocycles. The van der Waals surface area contributed by atoms with Crippen LogP contribution in [0.15, 0.2) is 24.3 Å². The number of nitrogens with zero attached hydrogens (tertiary/aromatic N) is 8. The van der Waals surface area contributed by atoms with Crippen LogP contribution in [0.3, 0.4) is 0 Å². The Morgan fingerprint density at radius 2 is 1.54 bits per heavy atom. The van der Waals surface area contributed by atoms with Crippen molar-refractivity contribution in [3.05, 3.63) is 47.0 Å². The van der Waals surface area contributed by atoms with Gasteiger partial charge in [-0.1, -0.05) is 29.8 Å². The second-order valence-corrected chi connectivity index (χ2v) is 5.25. The Balaban J connectivity index is 1.62. The lowest BCUT2D eigenvalue weighted by Crippen LogP contribution is -2.20. The Bertz CT molecular complexity index is 805. The van der Waals surface area contributed by atoms with E-state index in [1.807, 2.05) is 31.2 Å². The molecule has 2 heterocycles. The van der Waals surface area contributed by atoms with Crippen molar-refractivity contribution in [2.45, 2.75) is 32.6 Å². The van der Waals surface area contributed by atoms with Gasteiger partial charge in [-0.3, -0.25) is 0 Å². The molecule has 0 spiro atoms. The van der Waals surface area contributed by atoms with E-state index in [9.17, 15) is 13.2 Å². The molecule has 3 aromatic rings. The van der Waals surface area contributed by atoms with Crippen LogP contribution in [0.1, 0.15) is 22.8 Å². The van der Waals surface area contributed by atoms with Crippen LogP contribution in [0.5, 0.6) is 0 Å². The van der Waals surface area contributed by atoms with Gasteiger partial charge >= 0.3 is 6.18 Å². The van der Waals surface area contributed by atoms with Crippen LogP contribution in [-0.2, 0) is 19.5 Å². The number of tetrazole rings is 2. The number of hydrogen-bond donors (Lipinski definition) is 0. The molecule has 3 rings (SSSR count). The van der Waals surface area contributed by atoms with Gasteiger partial charge in [-0.15, -0.1) is 20.4 Å². The highest BCUT2D eigenvalue weighted by Crippen LogP contribution is 2.15. The average Bonchev–Trinajstić information content (AvgIpc) is 3.10. The summed E-state index contributed by atoms with van der Waals surface area (Å²) in [7, 11) is 0. The van der Waals surface area contributed by atoms with E-state index in [-0.39, 0.29) is 12.4 Å². The molecule has 0 radical (unpaired) electrons. The van der Waals surface area contributed by atoms with Crippen LogP contribution in [0, 0.1) is 6.92 Å². The topological polar surface area (TPSA) is 87.2 Å². The molecule has 0 aliphatic carbocycles. The van der Waals surface area contributed by atoms with Crippen molar-refractivity contribution in [3.8, 4) is 0 Å². The maximum absolute atomic E-state index is 12.2. The summed E-state index contributed by atoms with van der Waals surface area (Å²) in [4.78, 5) is 1.71. The van der Waals surface area contributed by atoms with Crippen LogP contribution in [-0.4, -0.2) is 46.6 Å². The van der Waals surface area contributed by atoms with Crippen LogP contribution in [0.25, 0.3) is 0 Å². The Morgan fingerprint density at radius 3 is 2.25 bits per heavy atom. The number of halogens is 3. The Kier molecular flexibility index (Phi) is 4.23. The Morgan fingerprint density at radius 1 is 0.917 bits per heavy atom. The summed E-state index contributed by atoms with van der Waals surface area (Å²) >= 11 is 0. The summed E-state index contributed by atoms with van der Waals surface area (Å²) in [6.07, 6.45) is -3.89. The van der Waals surface area contributed by atoms with E-state index in [0.29, 0.717) is 17.0 Å². The molecule has 2 aromatic heterocycles. The van der Waals surface area contributed by atoms with Gasteiger partial charge < -0.3 is 0 Å². The van der Waals surface area contributed by atoms with Gasteiger partial charge in [-0.05, 0) is 22.9 Å². The number of rotatable bonds is 5. The van der Waals surface area contributed by atoms with Gasteiger partial charge in [0.05, 0.1) is 0 Å². The monoisotopic (exact) mass is 338 g/mol. The third kappa shape index (κ3) is 4.33. The van der Waals surface area contributed by atoms with Crippen molar-refractivity contribution in [2.75, 3.05) is 0 Å². The molecule has 0 aliphatic rings. The third-order valence-electron chi connectivity index (χ3n) is 3.07. The van der Waals surface area contributed by atoms with E-state index >= 15 is 0 Å². The van der Waals surface area contributed by atoms with E-state index in [0.717, 1.165) is 11.1 Å². The molecular weight excluding hydrogens is 325 g/mol. The van der Waals surface area contributed by atoms with Crippen LogP contribution < -0.4 is 0 Å². The fourth-order valence-electron chi connectivity index (χ4n) is 2.00. The van der Waals surface area contributed by atoms with Crippen LogP contribution >= 0.6 is 0 Å². The first-order valence-electron chi connectivity index (χ1n) is 7.03.